The number of rotatable bonds is 4. The lowest BCUT2D eigenvalue weighted by Gasteiger charge is -2.34. The SMILES string of the molecule is Cc1oc(-c2ccccc2)nc1CN1Cc2ccccc2C[C@@H]1C(N)=O. The number of carbonyl (C=O) groups excluding carboxylic acids is 1. The van der Waals surface area contributed by atoms with Crippen molar-refractivity contribution in [2.75, 3.05) is 0 Å². The van der Waals surface area contributed by atoms with Crippen LogP contribution in [-0.4, -0.2) is 21.8 Å². The summed E-state index contributed by atoms with van der Waals surface area (Å²) < 4.78 is 5.85. The van der Waals surface area contributed by atoms with Gasteiger partial charge >= 0.3 is 0 Å². The Morgan fingerprint density at radius 1 is 1.15 bits per heavy atom. The highest BCUT2D eigenvalue weighted by molar-refractivity contribution is 5.80. The minimum absolute atomic E-state index is 0.302. The molecule has 1 aromatic heterocycles. The van der Waals surface area contributed by atoms with E-state index >= 15 is 0 Å². The van der Waals surface area contributed by atoms with E-state index in [1.807, 2.05) is 49.4 Å². The molecule has 1 atom stereocenters. The number of hydrogen-bond acceptors (Lipinski definition) is 4. The van der Waals surface area contributed by atoms with Crippen molar-refractivity contribution < 1.29 is 9.21 Å². The first-order valence-corrected chi connectivity index (χ1v) is 8.73. The molecule has 0 fully saturated rings. The summed E-state index contributed by atoms with van der Waals surface area (Å²) >= 11 is 0. The first-order chi connectivity index (χ1) is 12.6. The number of primary amides is 1. The highest BCUT2D eigenvalue weighted by atomic mass is 16.4. The lowest BCUT2D eigenvalue weighted by molar-refractivity contribution is -0.124. The molecule has 0 spiro atoms. The van der Waals surface area contributed by atoms with Crippen LogP contribution in [0.1, 0.15) is 22.6 Å². The average Bonchev–Trinajstić information content (AvgIpc) is 3.02. The maximum absolute atomic E-state index is 12.0. The molecule has 1 aliphatic heterocycles. The van der Waals surface area contributed by atoms with Crippen molar-refractivity contribution in [3.63, 3.8) is 0 Å². The number of carbonyl (C=O) groups is 1. The van der Waals surface area contributed by atoms with Crippen molar-refractivity contribution in [3.05, 3.63) is 77.2 Å². The smallest absolute Gasteiger partial charge is 0.235 e. The number of nitrogens with zero attached hydrogens (tertiary/aromatic N) is 2. The first kappa shape index (κ1) is 16.5. The Hall–Kier alpha value is -2.92. The zero-order valence-corrected chi connectivity index (χ0v) is 14.7. The zero-order chi connectivity index (χ0) is 18.1. The Labute approximate surface area is 152 Å². The van der Waals surface area contributed by atoms with E-state index in [9.17, 15) is 4.79 Å². The zero-order valence-electron chi connectivity index (χ0n) is 14.7. The molecule has 0 radical (unpaired) electrons. The monoisotopic (exact) mass is 347 g/mol. The van der Waals surface area contributed by atoms with E-state index in [1.54, 1.807) is 0 Å². The molecule has 0 saturated heterocycles. The second-order valence-electron chi connectivity index (χ2n) is 6.68. The second kappa shape index (κ2) is 6.77. The van der Waals surface area contributed by atoms with Gasteiger partial charge in [-0.2, -0.15) is 0 Å². The molecule has 0 aliphatic carbocycles. The van der Waals surface area contributed by atoms with Gasteiger partial charge in [0.2, 0.25) is 11.8 Å². The fourth-order valence-electron chi connectivity index (χ4n) is 3.50. The molecule has 3 aromatic rings. The molecule has 0 bridgehead atoms. The third-order valence-electron chi connectivity index (χ3n) is 4.94. The largest absolute Gasteiger partial charge is 0.441 e. The molecule has 0 saturated carbocycles. The number of hydrogen-bond donors (Lipinski definition) is 1. The van der Waals surface area contributed by atoms with E-state index in [0.29, 0.717) is 25.4 Å². The van der Waals surface area contributed by atoms with Crippen molar-refractivity contribution in [2.45, 2.75) is 32.5 Å². The van der Waals surface area contributed by atoms with E-state index < -0.39 is 0 Å². The topological polar surface area (TPSA) is 72.4 Å². The van der Waals surface area contributed by atoms with E-state index in [-0.39, 0.29) is 11.9 Å². The van der Waals surface area contributed by atoms with Gasteiger partial charge in [-0.1, -0.05) is 42.5 Å². The van der Waals surface area contributed by atoms with Crippen LogP contribution in [0.25, 0.3) is 11.5 Å². The molecule has 4 rings (SSSR count). The normalized spacial score (nSPS) is 17.0. The lowest BCUT2D eigenvalue weighted by Crippen LogP contribution is -2.48. The van der Waals surface area contributed by atoms with Gasteiger partial charge in [0.1, 0.15) is 5.76 Å². The second-order valence-corrected chi connectivity index (χ2v) is 6.68. The molecule has 5 heteroatoms. The maximum Gasteiger partial charge on any atom is 0.235 e. The van der Waals surface area contributed by atoms with E-state index in [0.717, 1.165) is 17.0 Å². The standard InChI is InChI=1S/C21H21N3O2/c1-14-18(23-21(26-14)15-7-3-2-4-8-15)13-24-12-17-10-6-5-9-16(17)11-19(24)20(22)25/h2-10,19H,11-13H2,1H3,(H2,22,25)/t19-/m1/s1. The number of amides is 1. The van der Waals surface area contributed by atoms with Crippen LogP contribution in [0.2, 0.25) is 0 Å². The van der Waals surface area contributed by atoms with Crippen LogP contribution in [0, 0.1) is 6.92 Å². The van der Waals surface area contributed by atoms with Gasteiger partial charge in [0.05, 0.1) is 11.7 Å². The molecule has 1 aliphatic rings. The molecular formula is C21H21N3O2. The number of oxazole rings is 1. The summed E-state index contributed by atoms with van der Waals surface area (Å²) in [7, 11) is 0. The molecule has 5 nitrogen and oxygen atoms in total. The predicted molar refractivity (Wildman–Crippen MR) is 99.1 cm³/mol. The average molecular weight is 347 g/mol. The van der Waals surface area contributed by atoms with Crippen molar-refractivity contribution in [2.24, 2.45) is 5.73 Å². The summed E-state index contributed by atoms with van der Waals surface area (Å²) in [6.07, 6.45) is 0.633. The first-order valence-electron chi connectivity index (χ1n) is 8.73. The fraction of sp³-hybridized carbons (Fsp3) is 0.238. The van der Waals surface area contributed by atoms with Gasteiger partial charge < -0.3 is 10.2 Å². The van der Waals surface area contributed by atoms with Crippen LogP contribution in [0.15, 0.2) is 59.0 Å². The number of nitrogens with two attached hydrogens (primary N) is 1. The molecule has 1 amide bonds. The number of aryl methyl sites for hydroxylation is 1. The van der Waals surface area contributed by atoms with Gasteiger partial charge in [-0.3, -0.25) is 9.69 Å². The summed E-state index contributed by atoms with van der Waals surface area (Å²) in [5, 5.41) is 0. The van der Waals surface area contributed by atoms with Gasteiger partial charge in [0.25, 0.3) is 0 Å². The number of fused-ring (bicyclic) bond motifs is 1. The van der Waals surface area contributed by atoms with Crippen molar-refractivity contribution >= 4 is 5.91 Å². The molecule has 2 aromatic carbocycles. The van der Waals surface area contributed by atoms with Crippen molar-refractivity contribution in [1.29, 1.82) is 0 Å². The van der Waals surface area contributed by atoms with E-state index in [2.05, 4.69) is 22.0 Å². The van der Waals surface area contributed by atoms with Crippen LogP contribution in [0.5, 0.6) is 0 Å². The van der Waals surface area contributed by atoms with E-state index in [4.69, 9.17) is 10.2 Å². The summed E-state index contributed by atoms with van der Waals surface area (Å²) in [6, 6.07) is 17.7. The van der Waals surface area contributed by atoms with Gasteiger partial charge in [0, 0.05) is 18.7 Å². The van der Waals surface area contributed by atoms with Crippen LogP contribution >= 0.6 is 0 Å². The molecular weight excluding hydrogens is 326 g/mol. The minimum Gasteiger partial charge on any atom is -0.441 e. The van der Waals surface area contributed by atoms with Crippen LogP contribution in [0.4, 0.5) is 0 Å². The molecule has 26 heavy (non-hydrogen) atoms. The Morgan fingerprint density at radius 3 is 2.58 bits per heavy atom. The summed E-state index contributed by atoms with van der Waals surface area (Å²) in [5.74, 6) is 1.07. The highest BCUT2D eigenvalue weighted by Gasteiger charge is 2.31. The van der Waals surface area contributed by atoms with Gasteiger partial charge in [-0.15, -0.1) is 0 Å². The lowest BCUT2D eigenvalue weighted by atomic mass is 9.93. The van der Waals surface area contributed by atoms with Crippen LogP contribution in [0.3, 0.4) is 0 Å². The summed E-state index contributed by atoms with van der Waals surface area (Å²) in [5.41, 5.74) is 9.88. The maximum atomic E-state index is 12.0. The summed E-state index contributed by atoms with van der Waals surface area (Å²) in [4.78, 5) is 18.8. The highest BCUT2D eigenvalue weighted by Crippen LogP contribution is 2.27. The minimum atomic E-state index is -0.332. The molecule has 132 valence electrons. The van der Waals surface area contributed by atoms with Gasteiger partial charge in [-0.05, 0) is 36.6 Å². The van der Waals surface area contributed by atoms with E-state index in [1.165, 1.54) is 11.1 Å². The Morgan fingerprint density at radius 2 is 1.85 bits per heavy atom. The van der Waals surface area contributed by atoms with Gasteiger partial charge in [-0.25, -0.2) is 4.98 Å². The van der Waals surface area contributed by atoms with Crippen molar-refractivity contribution in [1.82, 2.24) is 9.88 Å². The third kappa shape index (κ3) is 3.13. The van der Waals surface area contributed by atoms with Crippen molar-refractivity contribution in [3.8, 4) is 11.5 Å². The molecule has 2 N–H and O–H groups in total. The Bertz CT molecular complexity index is 933. The predicted octanol–water partition coefficient (Wildman–Crippen LogP) is 3.06. The quantitative estimate of drug-likeness (QED) is 0.787. The number of aromatic nitrogens is 1. The molecule has 2 heterocycles. The van der Waals surface area contributed by atoms with Gasteiger partial charge in [0.15, 0.2) is 0 Å². The molecule has 0 unspecified atom stereocenters. The third-order valence-corrected chi connectivity index (χ3v) is 4.94. The van der Waals surface area contributed by atoms with Crippen LogP contribution in [-0.2, 0) is 24.3 Å². The Kier molecular flexibility index (Phi) is 4.31. The van der Waals surface area contributed by atoms with Crippen LogP contribution < -0.4 is 5.73 Å². The fourth-order valence-corrected chi connectivity index (χ4v) is 3.50. The number of benzene rings is 2. The Balaban J connectivity index is 1.62. The summed E-state index contributed by atoms with van der Waals surface area (Å²) in [6.45, 7) is 3.12.